The summed E-state index contributed by atoms with van der Waals surface area (Å²) in [5, 5.41) is 0.380. The van der Waals surface area contributed by atoms with Crippen molar-refractivity contribution in [3.8, 4) is 0 Å². The summed E-state index contributed by atoms with van der Waals surface area (Å²) < 4.78 is 5.99. The van der Waals surface area contributed by atoms with Crippen molar-refractivity contribution >= 4 is 28.5 Å². The molecule has 0 bridgehead atoms. The number of nitrogens with zero attached hydrogens (tertiary/aromatic N) is 2. The number of para-hydroxylation sites is 2. The maximum absolute atomic E-state index is 14.1. The highest BCUT2D eigenvalue weighted by molar-refractivity contribution is 6.17. The van der Waals surface area contributed by atoms with Crippen molar-refractivity contribution in [1.29, 1.82) is 0 Å². The molecule has 5 rings (SSSR count). The highest BCUT2D eigenvalue weighted by Gasteiger charge is 2.64. The summed E-state index contributed by atoms with van der Waals surface area (Å²) >= 11 is 0. The number of anilines is 1. The zero-order valence-electron chi connectivity index (χ0n) is 17.7. The van der Waals surface area contributed by atoms with E-state index in [2.05, 4.69) is 0 Å². The second-order valence-electron chi connectivity index (χ2n) is 8.13. The molecule has 3 heterocycles. The quantitative estimate of drug-likeness (QED) is 0.629. The molecule has 2 aliphatic rings. The summed E-state index contributed by atoms with van der Waals surface area (Å²) in [7, 11) is 0. The van der Waals surface area contributed by atoms with Crippen LogP contribution < -0.4 is 10.3 Å². The van der Waals surface area contributed by atoms with Crippen molar-refractivity contribution in [2.45, 2.75) is 38.6 Å². The second kappa shape index (κ2) is 7.08. The predicted molar refractivity (Wildman–Crippen MR) is 118 cm³/mol. The second-order valence-corrected chi connectivity index (χ2v) is 8.13. The van der Waals surface area contributed by atoms with E-state index >= 15 is 0 Å². The van der Waals surface area contributed by atoms with Gasteiger partial charge in [0.25, 0.3) is 11.8 Å². The molecule has 0 aliphatic carbocycles. The fourth-order valence-electron chi connectivity index (χ4n) is 5.00. The number of fused-ring (bicyclic) bond motifs is 5. The third-order valence-corrected chi connectivity index (χ3v) is 6.33. The van der Waals surface area contributed by atoms with Crippen molar-refractivity contribution in [3.63, 3.8) is 0 Å². The van der Waals surface area contributed by atoms with E-state index in [0.717, 1.165) is 24.9 Å². The summed E-state index contributed by atoms with van der Waals surface area (Å²) in [6, 6.07) is 14.4. The van der Waals surface area contributed by atoms with Gasteiger partial charge in [0.05, 0.1) is 16.6 Å². The van der Waals surface area contributed by atoms with E-state index in [1.807, 2.05) is 38.1 Å². The van der Waals surface area contributed by atoms with Crippen LogP contribution >= 0.6 is 0 Å². The van der Waals surface area contributed by atoms with Crippen LogP contribution in [0.25, 0.3) is 11.0 Å². The van der Waals surface area contributed by atoms with E-state index in [1.54, 1.807) is 34.1 Å². The smallest absolute Gasteiger partial charge is 0.291 e. The summed E-state index contributed by atoms with van der Waals surface area (Å²) in [6.45, 7) is 4.92. The summed E-state index contributed by atoms with van der Waals surface area (Å²) in [4.78, 5) is 44.7. The zero-order chi connectivity index (χ0) is 21.8. The van der Waals surface area contributed by atoms with E-state index in [9.17, 15) is 14.4 Å². The van der Waals surface area contributed by atoms with Crippen LogP contribution in [0.15, 0.2) is 57.7 Å². The highest BCUT2D eigenvalue weighted by atomic mass is 16.3. The molecule has 3 aromatic rings. The Hall–Kier alpha value is -3.41. The monoisotopic (exact) mass is 416 g/mol. The largest absolute Gasteiger partial charge is 0.450 e. The van der Waals surface area contributed by atoms with Crippen LogP contribution in [0.5, 0.6) is 0 Å². The van der Waals surface area contributed by atoms with Gasteiger partial charge in [-0.1, -0.05) is 50.6 Å². The van der Waals surface area contributed by atoms with Crippen molar-refractivity contribution in [2.75, 3.05) is 18.0 Å². The molecule has 158 valence electrons. The van der Waals surface area contributed by atoms with Crippen molar-refractivity contribution in [3.05, 3.63) is 75.6 Å². The van der Waals surface area contributed by atoms with Gasteiger partial charge in [-0.05, 0) is 31.0 Å². The molecule has 1 spiro atoms. The van der Waals surface area contributed by atoms with Gasteiger partial charge < -0.3 is 14.2 Å². The van der Waals surface area contributed by atoms with Crippen LogP contribution in [0.1, 0.15) is 54.8 Å². The fourth-order valence-corrected chi connectivity index (χ4v) is 5.00. The summed E-state index contributed by atoms with van der Waals surface area (Å²) in [5.74, 6) is -0.657. The van der Waals surface area contributed by atoms with Gasteiger partial charge in [-0.2, -0.15) is 0 Å². The molecule has 2 aromatic carbocycles. The molecule has 31 heavy (non-hydrogen) atoms. The molecule has 2 amide bonds. The number of hydrogen-bond donors (Lipinski definition) is 0. The molecule has 2 aliphatic heterocycles. The van der Waals surface area contributed by atoms with Crippen LogP contribution in [0.4, 0.5) is 5.69 Å². The van der Waals surface area contributed by atoms with Crippen LogP contribution in [0.2, 0.25) is 0 Å². The minimum atomic E-state index is -1.47. The van der Waals surface area contributed by atoms with E-state index in [1.165, 1.54) is 0 Å². The molecule has 6 heteroatoms. The van der Waals surface area contributed by atoms with Gasteiger partial charge in [0, 0.05) is 18.7 Å². The first-order valence-corrected chi connectivity index (χ1v) is 10.9. The Bertz CT molecular complexity index is 1280. The standard InChI is InChI=1S/C25H24N2O4/c1-3-5-15-27-23(29)22-20(21(28)16-10-6-9-13-19(16)31-22)25(27)17-11-7-8-12-18(17)26(14-4-2)24(25)30/h6-13H,3-5,14-15H2,1-2H3. The lowest BCUT2D eigenvalue weighted by Gasteiger charge is -2.34. The maximum atomic E-state index is 14.1. The van der Waals surface area contributed by atoms with Crippen molar-refractivity contribution < 1.29 is 14.0 Å². The lowest BCUT2D eigenvalue weighted by atomic mass is 9.84. The summed E-state index contributed by atoms with van der Waals surface area (Å²) in [6.07, 6.45) is 2.34. The van der Waals surface area contributed by atoms with Crippen molar-refractivity contribution in [1.82, 2.24) is 4.90 Å². The number of unbranched alkanes of at least 4 members (excludes halogenated alkanes) is 1. The normalized spacial score (nSPS) is 19.5. The SMILES string of the molecule is CCCCN1C(=O)c2oc3ccccc3c(=O)c2C12C(=O)N(CCC)c1ccccc12. The van der Waals surface area contributed by atoms with Crippen LogP contribution in [0.3, 0.4) is 0 Å². The first kappa shape index (κ1) is 19.5. The Morgan fingerprint density at radius 3 is 2.42 bits per heavy atom. The third-order valence-electron chi connectivity index (χ3n) is 6.33. The first-order chi connectivity index (χ1) is 15.1. The topological polar surface area (TPSA) is 70.8 Å². The molecule has 1 unspecified atom stereocenters. The predicted octanol–water partition coefficient (Wildman–Crippen LogP) is 4.05. The average molecular weight is 416 g/mol. The Balaban J connectivity index is 1.89. The number of rotatable bonds is 5. The van der Waals surface area contributed by atoms with Gasteiger partial charge >= 0.3 is 0 Å². The fraction of sp³-hybridized carbons (Fsp3) is 0.320. The third kappa shape index (κ3) is 2.42. The molecular weight excluding hydrogens is 392 g/mol. The average Bonchev–Trinajstić information content (AvgIpc) is 3.18. The Labute approximate surface area is 180 Å². The van der Waals surface area contributed by atoms with Crippen molar-refractivity contribution in [2.24, 2.45) is 0 Å². The van der Waals surface area contributed by atoms with E-state index in [0.29, 0.717) is 29.6 Å². The van der Waals surface area contributed by atoms with Crippen LogP contribution in [-0.2, 0) is 10.3 Å². The minimum absolute atomic E-state index is 0.0127. The lowest BCUT2D eigenvalue weighted by Crippen LogP contribution is -2.53. The van der Waals surface area contributed by atoms with E-state index < -0.39 is 11.4 Å². The van der Waals surface area contributed by atoms with Gasteiger partial charge in [0.15, 0.2) is 11.0 Å². The van der Waals surface area contributed by atoms with E-state index in [-0.39, 0.29) is 22.7 Å². The summed E-state index contributed by atoms with van der Waals surface area (Å²) in [5.41, 5.74) is 0.159. The molecule has 0 saturated heterocycles. The minimum Gasteiger partial charge on any atom is -0.450 e. The zero-order valence-corrected chi connectivity index (χ0v) is 17.7. The molecule has 0 radical (unpaired) electrons. The lowest BCUT2D eigenvalue weighted by molar-refractivity contribution is -0.126. The number of carbonyl (C=O) groups excluding carboxylic acids is 2. The first-order valence-electron chi connectivity index (χ1n) is 10.9. The molecule has 0 fully saturated rings. The van der Waals surface area contributed by atoms with Crippen LogP contribution in [0, 0.1) is 0 Å². The molecule has 1 aromatic heterocycles. The number of amides is 2. The molecule has 0 N–H and O–H groups in total. The Morgan fingerprint density at radius 2 is 1.65 bits per heavy atom. The van der Waals surface area contributed by atoms with Crippen LogP contribution in [-0.4, -0.2) is 29.8 Å². The number of hydrogen-bond acceptors (Lipinski definition) is 4. The van der Waals surface area contributed by atoms with Gasteiger partial charge in [-0.3, -0.25) is 14.4 Å². The van der Waals surface area contributed by atoms with Gasteiger partial charge in [-0.15, -0.1) is 0 Å². The molecule has 0 saturated carbocycles. The van der Waals surface area contributed by atoms with Gasteiger partial charge in [0.2, 0.25) is 5.76 Å². The molecule has 1 atom stereocenters. The molecule has 6 nitrogen and oxygen atoms in total. The van der Waals surface area contributed by atoms with Gasteiger partial charge in [0.1, 0.15) is 5.58 Å². The number of benzene rings is 2. The number of carbonyl (C=O) groups is 2. The Morgan fingerprint density at radius 1 is 0.903 bits per heavy atom. The maximum Gasteiger partial charge on any atom is 0.291 e. The Kier molecular flexibility index (Phi) is 4.46. The van der Waals surface area contributed by atoms with E-state index in [4.69, 9.17) is 4.42 Å². The molecular formula is C25H24N2O4. The highest BCUT2D eigenvalue weighted by Crippen LogP contribution is 2.52. The van der Waals surface area contributed by atoms with Gasteiger partial charge in [-0.25, -0.2) is 0 Å².